The van der Waals surface area contributed by atoms with Gasteiger partial charge in [-0.15, -0.1) is 0 Å². The summed E-state index contributed by atoms with van der Waals surface area (Å²) >= 11 is 12.4. The fourth-order valence-electron chi connectivity index (χ4n) is 5.10. The van der Waals surface area contributed by atoms with Crippen LogP contribution in [-0.4, -0.2) is 46.5 Å². The largest absolute Gasteiger partial charge is 0.464 e. The van der Waals surface area contributed by atoms with Gasteiger partial charge in [0.2, 0.25) is 0 Å². The molecule has 5 atom stereocenters. The summed E-state index contributed by atoms with van der Waals surface area (Å²) in [6.45, 7) is 5.07. The summed E-state index contributed by atoms with van der Waals surface area (Å²) in [5.74, 6) is -1.62. The van der Waals surface area contributed by atoms with Gasteiger partial charge < -0.3 is 19.1 Å². The van der Waals surface area contributed by atoms with Gasteiger partial charge in [0.05, 0.1) is 12.6 Å². The molecular formula is C31H32Cl2N2O6. The number of rotatable bonds is 10. The van der Waals surface area contributed by atoms with E-state index >= 15 is 0 Å². The van der Waals surface area contributed by atoms with Gasteiger partial charge >= 0.3 is 11.9 Å². The number of nitrogens with zero attached hydrogens (tertiary/aromatic N) is 2. The first-order valence-electron chi connectivity index (χ1n) is 13.5. The maximum Gasteiger partial charge on any atom is 0.328 e. The first kappa shape index (κ1) is 30.5. The number of amides is 1. The Morgan fingerprint density at radius 2 is 1.54 bits per heavy atom. The number of halogens is 2. The van der Waals surface area contributed by atoms with Gasteiger partial charge in [-0.05, 0) is 66.4 Å². The van der Waals surface area contributed by atoms with E-state index in [4.69, 9.17) is 37.4 Å². The molecule has 1 amide bonds. The number of hydrogen-bond acceptors (Lipinski definition) is 7. The lowest BCUT2D eigenvalue weighted by Crippen LogP contribution is -2.58. The highest BCUT2D eigenvalue weighted by Gasteiger charge is 2.52. The number of carbonyl (C=O) groups is 3. The summed E-state index contributed by atoms with van der Waals surface area (Å²) < 4.78 is 17.8. The average Bonchev–Trinajstić information content (AvgIpc) is 2.96. The molecule has 10 heteroatoms. The number of morpholine rings is 1. The van der Waals surface area contributed by atoms with Crippen molar-refractivity contribution in [3.05, 3.63) is 99.8 Å². The number of aromatic nitrogens is 1. The molecule has 1 fully saturated rings. The topological polar surface area (TPSA) is 95.0 Å². The molecule has 0 bridgehead atoms. The number of benzene rings is 2. The highest BCUT2D eigenvalue weighted by Crippen LogP contribution is 2.46. The third-order valence-corrected chi connectivity index (χ3v) is 7.35. The molecule has 0 N–H and O–H groups in total. The van der Waals surface area contributed by atoms with Gasteiger partial charge in [0.15, 0.2) is 12.2 Å². The third kappa shape index (κ3) is 7.07. The molecule has 216 valence electrons. The fourth-order valence-corrected chi connectivity index (χ4v) is 5.35. The monoisotopic (exact) mass is 598 g/mol. The zero-order valence-corrected chi connectivity index (χ0v) is 24.5. The van der Waals surface area contributed by atoms with Crippen LogP contribution in [0.25, 0.3) is 0 Å². The van der Waals surface area contributed by atoms with Gasteiger partial charge in [0.1, 0.15) is 12.1 Å². The Kier molecular flexibility index (Phi) is 10.4. The van der Waals surface area contributed by atoms with Crippen molar-refractivity contribution in [1.29, 1.82) is 0 Å². The van der Waals surface area contributed by atoms with Crippen molar-refractivity contribution in [2.75, 3.05) is 6.61 Å². The standard InChI is InChI=1S/C31H32Cl2N2O6/c1-4-6-25(31(38)39-5-2)35-26(20-7-11-23(32)12-8-20)27(21-9-13-24(33)14-10-21)41-29(30(35)37)28(40-19(3)36)22-15-17-34-18-16-22/h7-18,25-29H,4-6H2,1-3H3/t25?,26?,27-,28+,29?/m0/s1. The van der Waals surface area contributed by atoms with Gasteiger partial charge in [-0.1, -0.05) is 60.8 Å². The second-order valence-corrected chi connectivity index (χ2v) is 10.5. The van der Waals surface area contributed by atoms with Crippen molar-refractivity contribution in [3.63, 3.8) is 0 Å². The Hall–Kier alpha value is -3.46. The summed E-state index contributed by atoms with van der Waals surface area (Å²) in [5.41, 5.74) is 1.95. The van der Waals surface area contributed by atoms with Gasteiger partial charge in [0.25, 0.3) is 5.91 Å². The predicted molar refractivity (Wildman–Crippen MR) is 154 cm³/mol. The van der Waals surface area contributed by atoms with E-state index in [0.717, 1.165) is 0 Å². The molecule has 2 heterocycles. The van der Waals surface area contributed by atoms with E-state index in [0.29, 0.717) is 39.6 Å². The highest BCUT2D eigenvalue weighted by molar-refractivity contribution is 6.30. The SMILES string of the molecule is CCCC(C(=O)OCC)N1C(=O)C([C@H](OC(C)=O)c2ccncc2)O[C@@H](c2ccc(Cl)cc2)C1c1ccc(Cl)cc1. The summed E-state index contributed by atoms with van der Waals surface area (Å²) in [6.07, 6.45) is 0.892. The Bertz CT molecular complexity index is 1340. The number of esters is 2. The maximum atomic E-state index is 14.6. The second-order valence-electron chi connectivity index (χ2n) is 9.64. The summed E-state index contributed by atoms with van der Waals surface area (Å²) in [5, 5.41) is 1.05. The van der Waals surface area contributed by atoms with E-state index in [9.17, 15) is 14.4 Å². The van der Waals surface area contributed by atoms with Gasteiger partial charge in [-0.3, -0.25) is 14.6 Å². The Labute approximate surface area is 249 Å². The molecule has 2 aromatic carbocycles. The molecule has 0 saturated carbocycles. The number of hydrogen-bond donors (Lipinski definition) is 0. The van der Waals surface area contributed by atoms with Crippen molar-refractivity contribution in [2.24, 2.45) is 0 Å². The van der Waals surface area contributed by atoms with Crippen LogP contribution in [0.2, 0.25) is 10.0 Å². The summed E-state index contributed by atoms with van der Waals surface area (Å²) in [7, 11) is 0. The lowest BCUT2D eigenvalue weighted by Gasteiger charge is -2.48. The lowest BCUT2D eigenvalue weighted by molar-refractivity contribution is -0.203. The average molecular weight is 600 g/mol. The van der Waals surface area contributed by atoms with Gasteiger partial charge in [-0.2, -0.15) is 0 Å². The fraction of sp³-hybridized carbons (Fsp3) is 0.355. The normalized spacial score (nSPS) is 20.3. The van der Waals surface area contributed by atoms with Crippen molar-refractivity contribution in [3.8, 4) is 0 Å². The van der Waals surface area contributed by atoms with Crippen LogP contribution in [0.5, 0.6) is 0 Å². The van der Waals surface area contributed by atoms with Crippen molar-refractivity contribution < 1.29 is 28.6 Å². The van der Waals surface area contributed by atoms with Crippen LogP contribution in [0.4, 0.5) is 0 Å². The van der Waals surface area contributed by atoms with E-state index in [-0.39, 0.29) is 6.61 Å². The molecule has 4 rings (SSSR count). The minimum Gasteiger partial charge on any atom is -0.464 e. The number of ether oxygens (including phenoxy) is 3. The van der Waals surface area contributed by atoms with Crippen LogP contribution in [-0.2, 0) is 28.6 Å². The van der Waals surface area contributed by atoms with Crippen LogP contribution < -0.4 is 0 Å². The number of carbonyl (C=O) groups excluding carboxylic acids is 3. The first-order valence-corrected chi connectivity index (χ1v) is 14.2. The molecule has 8 nitrogen and oxygen atoms in total. The zero-order chi connectivity index (χ0) is 29.5. The van der Waals surface area contributed by atoms with Gasteiger partial charge in [0, 0.05) is 29.4 Å². The minimum absolute atomic E-state index is 0.153. The molecule has 0 radical (unpaired) electrons. The van der Waals surface area contributed by atoms with Crippen LogP contribution in [0.15, 0.2) is 73.1 Å². The number of pyridine rings is 1. The van der Waals surface area contributed by atoms with Gasteiger partial charge in [-0.25, -0.2) is 4.79 Å². The smallest absolute Gasteiger partial charge is 0.328 e. The molecule has 0 spiro atoms. The Morgan fingerprint density at radius 1 is 0.951 bits per heavy atom. The molecule has 1 aromatic heterocycles. The predicted octanol–water partition coefficient (Wildman–Crippen LogP) is 6.43. The molecule has 41 heavy (non-hydrogen) atoms. The second kappa shape index (κ2) is 13.9. The third-order valence-electron chi connectivity index (χ3n) is 6.85. The Balaban J connectivity index is 1.94. The molecule has 1 aliphatic rings. The molecular weight excluding hydrogens is 567 g/mol. The van der Waals surface area contributed by atoms with E-state index in [1.54, 1.807) is 67.8 Å². The quantitative estimate of drug-likeness (QED) is 0.248. The van der Waals surface area contributed by atoms with Crippen LogP contribution in [0, 0.1) is 0 Å². The molecule has 3 unspecified atom stereocenters. The van der Waals surface area contributed by atoms with E-state index in [2.05, 4.69) is 4.98 Å². The lowest BCUT2D eigenvalue weighted by atomic mass is 9.88. The van der Waals surface area contributed by atoms with E-state index in [1.165, 1.54) is 11.8 Å². The van der Waals surface area contributed by atoms with Crippen LogP contribution >= 0.6 is 23.2 Å². The molecule has 0 aliphatic carbocycles. The van der Waals surface area contributed by atoms with Crippen molar-refractivity contribution >= 4 is 41.0 Å². The summed E-state index contributed by atoms with van der Waals surface area (Å²) in [4.78, 5) is 45.9. The van der Waals surface area contributed by atoms with E-state index in [1.807, 2.05) is 19.1 Å². The maximum absolute atomic E-state index is 14.6. The first-order chi connectivity index (χ1) is 19.7. The van der Waals surface area contributed by atoms with Crippen LogP contribution in [0.3, 0.4) is 0 Å². The Morgan fingerprint density at radius 3 is 2.07 bits per heavy atom. The van der Waals surface area contributed by atoms with E-state index < -0.39 is 48.2 Å². The van der Waals surface area contributed by atoms with Crippen molar-refractivity contribution in [2.45, 2.75) is 64.0 Å². The zero-order valence-electron chi connectivity index (χ0n) is 23.0. The molecule has 1 aliphatic heterocycles. The summed E-state index contributed by atoms with van der Waals surface area (Å²) in [6, 6.07) is 15.8. The molecule has 3 aromatic rings. The highest BCUT2D eigenvalue weighted by atomic mass is 35.5. The van der Waals surface area contributed by atoms with Crippen molar-refractivity contribution in [1.82, 2.24) is 9.88 Å². The molecule has 1 saturated heterocycles. The minimum atomic E-state index is -1.28. The van der Waals surface area contributed by atoms with Crippen LogP contribution in [0.1, 0.15) is 68.6 Å².